The first kappa shape index (κ1) is 48.9. The van der Waals surface area contributed by atoms with Gasteiger partial charge in [-0.05, 0) is 87.0 Å². The van der Waals surface area contributed by atoms with Gasteiger partial charge in [-0.2, -0.15) is 40.9 Å². The molecule has 4 aliphatic rings. The van der Waals surface area contributed by atoms with Crippen molar-refractivity contribution < 1.29 is 53.8 Å². The molecule has 15 nitrogen and oxygen atoms in total. The van der Waals surface area contributed by atoms with Gasteiger partial charge < -0.3 is 25.6 Å². The number of alkyl halides is 7. The van der Waals surface area contributed by atoms with E-state index in [0.29, 0.717) is 63.3 Å². The minimum atomic E-state index is -4.41. The molecule has 4 bridgehead atoms. The molecule has 0 spiro atoms. The first-order chi connectivity index (χ1) is 32.5. The fraction of sp³-hybridized carbons (Fsp3) is 0.409. The van der Waals surface area contributed by atoms with Crippen molar-refractivity contribution in [2.24, 2.45) is 11.8 Å². The summed E-state index contributed by atoms with van der Waals surface area (Å²) in [6.45, 7) is -3.12. The highest BCUT2D eigenvalue weighted by atomic mass is 19.4. The van der Waals surface area contributed by atoms with E-state index in [1.54, 1.807) is 18.2 Å². The Balaban J connectivity index is 0.000000167. The van der Waals surface area contributed by atoms with Crippen LogP contribution in [0.4, 0.5) is 67.6 Å². The number of aromatic nitrogens is 8. The lowest BCUT2D eigenvalue weighted by atomic mass is 9.88. The number of nitrogens with zero attached hydrogens (tertiary/aromatic N) is 9. The Labute approximate surface area is 382 Å². The average Bonchev–Trinajstić information content (AvgIpc) is 4.11. The second-order valence-corrected chi connectivity index (χ2v) is 16.2. The fourth-order valence-corrected chi connectivity index (χ4v) is 8.42. The molecule has 6 heterocycles. The molecule has 2 aliphatic heterocycles. The van der Waals surface area contributed by atoms with E-state index >= 15 is 0 Å². The Kier molecular flexibility index (Phi) is 15.6. The summed E-state index contributed by atoms with van der Waals surface area (Å²) in [6.07, 6.45) is 9.49. The van der Waals surface area contributed by atoms with Gasteiger partial charge in [0.15, 0.2) is 11.6 Å². The maximum atomic E-state index is 14.5. The Morgan fingerprint density at radius 3 is 1.88 bits per heavy atom. The zero-order chi connectivity index (χ0) is 48.5. The van der Waals surface area contributed by atoms with Crippen LogP contribution in [0.5, 0.6) is 5.75 Å². The van der Waals surface area contributed by atoms with Crippen molar-refractivity contribution >= 4 is 46.4 Å². The number of carbonyl (C=O) groups excluding carboxylic acids is 2. The Morgan fingerprint density at radius 1 is 0.779 bits per heavy atom. The Morgan fingerprint density at radius 2 is 1.37 bits per heavy atom. The Bertz CT molecular complexity index is 2590. The van der Waals surface area contributed by atoms with Crippen LogP contribution in [-0.4, -0.2) is 81.2 Å². The van der Waals surface area contributed by atoms with Gasteiger partial charge in [0.25, 0.3) is 0 Å². The highest BCUT2D eigenvalue weighted by Gasteiger charge is 2.41. The number of hydrogen-bond acceptors (Lipinski definition) is 11. The quantitative estimate of drug-likeness (QED) is 0.102. The summed E-state index contributed by atoms with van der Waals surface area (Å²) in [5, 5.41) is 15.0. The molecule has 2 aliphatic carbocycles. The van der Waals surface area contributed by atoms with E-state index < -0.39 is 61.8 Å². The molecule has 2 fully saturated rings. The molecule has 1 saturated carbocycles. The van der Waals surface area contributed by atoms with Gasteiger partial charge in [-0.25, -0.2) is 42.9 Å². The number of carbonyl (C=O) groups is 2. The SMILES string of the molecule is CCNC(=O)Oc1ccccc1.Fc1cnc(Nc2cnn(C(F)F)c2)nc1C1=CC2CCC(C1)C2.O=C(CCC(F)(F)F)N1C2C=C(c3nc(Nc4cnn(C(F)F)c4)ncc3F)CC1CC2. The molecule has 0 radical (unpaired) electrons. The zero-order valence-corrected chi connectivity index (χ0v) is 36.2. The molecule has 24 heteroatoms. The molecule has 5 aromatic rings. The van der Waals surface area contributed by atoms with Gasteiger partial charge in [0.05, 0.1) is 61.0 Å². The number of rotatable bonds is 12. The minimum Gasteiger partial charge on any atom is -0.410 e. The van der Waals surface area contributed by atoms with Crippen LogP contribution in [0, 0.1) is 23.5 Å². The van der Waals surface area contributed by atoms with Crippen molar-refractivity contribution in [1.82, 2.24) is 49.7 Å². The fourth-order valence-electron chi connectivity index (χ4n) is 8.42. The van der Waals surface area contributed by atoms with Gasteiger partial charge >= 0.3 is 25.4 Å². The summed E-state index contributed by atoms with van der Waals surface area (Å²) in [6, 6.07) is 8.19. The average molecular weight is 961 g/mol. The predicted molar refractivity (Wildman–Crippen MR) is 229 cm³/mol. The molecule has 2 amide bonds. The minimum absolute atomic E-state index is 0.0111. The number of ether oxygens (including phenoxy) is 1. The monoisotopic (exact) mass is 960 g/mol. The molecule has 362 valence electrons. The molecule has 9 rings (SSSR count). The van der Waals surface area contributed by atoms with Crippen LogP contribution in [0.2, 0.25) is 0 Å². The lowest BCUT2D eigenvalue weighted by Gasteiger charge is -2.34. The highest BCUT2D eigenvalue weighted by Crippen LogP contribution is 2.44. The van der Waals surface area contributed by atoms with Crippen molar-refractivity contribution in [1.29, 1.82) is 0 Å². The van der Waals surface area contributed by atoms with E-state index in [9.17, 15) is 49.1 Å². The maximum Gasteiger partial charge on any atom is 0.412 e. The van der Waals surface area contributed by atoms with Crippen LogP contribution < -0.4 is 20.7 Å². The molecule has 4 aromatic heterocycles. The van der Waals surface area contributed by atoms with Crippen molar-refractivity contribution in [2.75, 3.05) is 17.2 Å². The molecule has 1 saturated heterocycles. The first-order valence-electron chi connectivity index (χ1n) is 21.6. The smallest absolute Gasteiger partial charge is 0.410 e. The third-order valence-corrected chi connectivity index (χ3v) is 11.3. The van der Waals surface area contributed by atoms with Crippen molar-refractivity contribution in [2.45, 2.75) is 96.1 Å². The molecule has 1 aromatic carbocycles. The lowest BCUT2D eigenvalue weighted by molar-refractivity contribution is -0.150. The summed E-state index contributed by atoms with van der Waals surface area (Å²) in [7, 11) is 0. The number of para-hydroxylation sites is 1. The molecule has 4 unspecified atom stereocenters. The van der Waals surface area contributed by atoms with Gasteiger partial charge in [0.1, 0.15) is 17.1 Å². The summed E-state index contributed by atoms with van der Waals surface area (Å²) < 4.78 is 122. The number of benzene rings is 1. The maximum absolute atomic E-state index is 14.5. The van der Waals surface area contributed by atoms with Gasteiger partial charge in [0.2, 0.25) is 17.8 Å². The van der Waals surface area contributed by atoms with Gasteiger partial charge in [-0.1, -0.05) is 30.4 Å². The zero-order valence-electron chi connectivity index (χ0n) is 36.2. The van der Waals surface area contributed by atoms with Gasteiger partial charge in [-0.15, -0.1) is 0 Å². The van der Waals surface area contributed by atoms with E-state index in [-0.39, 0.29) is 35.7 Å². The standard InChI is InChI=1S/C19H18F6N6O.C16H16F3N5.C9H11NO2/c20-14-8-26-18(28-11-7-27-30(9-11)17(21)22)29-16(14)10-5-12-1-2-13(6-10)31(12)15(32)3-4-19(23,24)25;17-13-7-20-16(22-12-6-21-24(8-12)15(18)19)23-14(13)11-4-9-1-2-10(3-9)5-11;1-2-10-9(11)12-8-6-4-3-5-7-8/h5,7-9,12-13,17H,1-4,6H2,(H,26,28,29);4,6-10,15H,1-3,5H2,(H,20,22,23);3-7H,2H2,1H3,(H,10,11). The summed E-state index contributed by atoms with van der Waals surface area (Å²) >= 11 is 0. The second-order valence-electron chi connectivity index (χ2n) is 16.2. The van der Waals surface area contributed by atoms with Crippen LogP contribution in [-0.2, 0) is 4.79 Å². The van der Waals surface area contributed by atoms with E-state index in [0.717, 1.165) is 49.4 Å². The second kappa shape index (κ2) is 21.7. The third kappa shape index (κ3) is 12.9. The molecular formula is C44H45F9N12O3. The molecule has 4 atom stereocenters. The highest BCUT2D eigenvalue weighted by molar-refractivity contribution is 5.80. The van der Waals surface area contributed by atoms with Crippen LogP contribution in [0.3, 0.4) is 0 Å². The number of anilines is 4. The van der Waals surface area contributed by atoms with Crippen LogP contribution >= 0.6 is 0 Å². The molecular weight excluding hydrogens is 916 g/mol. The number of nitrogens with one attached hydrogen (secondary N) is 3. The van der Waals surface area contributed by atoms with Crippen LogP contribution in [0.25, 0.3) is 11.1 Å². The lowest BCUT2D eigenvalue weighted by Crippen LogP contribution is -2.43. The van der Waals surface area contributed by atoms with Gasteiger partial charge in [-0.3, -0.25) is 4.79 Å². The van der Waals surface area contributed by atoms with Crippen molar-refractivity contribution in [3.63, 3.8) is 0 Å². The van der Waals surface area contributed by atoms with E-state index in [4.69, 9.17) is 4.74 Å². The molecule has 68 heavy (non-hydrogen) atoms. The largest absolute Gasteiger partial charge is 0.412 e. The van der Waals surface area contributed by atoms with E-state index in [2.05, 4.69) is 52.2 Å². The first-order valence-corrected chi connectivity index (χ1v) is 21.6. The van der Waals surface area contributed by atoms with Crippen LogP contribution in [0.1, 0.15) is 89.2 Å². The third-order valence-electron chi connectivity index (χ3n) is 11.3. The van der Waals surface area contributed by atoms with E-state index in [1.165, 1.54) is 23.9 Å². The normalized spacial score (nSPS) is 19.3. The summed E-state index contributed by atoms with van der Waals surface area (Å²) in [4.78, 5) is 40.8. The number of hydrogen-bond donors (Lipinski definition) is 3. The summed E-state index contributed by atoms with van der Waals surface area (Å²) in [5.41, 5.74) is 2.23. The topological polar surface area (TPSA) is 170 Å². The van der Waals surface area contributed by atoms with Gasteiger partial charge in [0, 0.05) is 19.0 Å². The van der Waals surface area contributed by atoms with Crippen molar-refractivity contribution in [3.8, 4) is 5.75 Å². The Hall–Kier alpha value is -7.01. The predicted octanol–water partition coefficient (Wildman–Crippen LogP) is 10.4. The van der Waals surface area contributed by atoms with Crippen LogP contribution in [0.15, 0.2) is 79.7 Å². The number of allylic oxidation sites excluding steroid dienone is 2. The number of amides is 2. The molecule has 3 N–H and O–H groups in total. The summed E-state index contributed by atoms with van der Waals surface area (Å²) in [5.74, 6) is 0.0536. The number of fused-ring (bicyclic) bond motifs is 4. The van der Waals surface area contributed by atoms with E-state index in [1.807, 2.05) is 25.1 Å². The number of halogens is 9. The van der Waals surface area contributed by atoms with Crippen molar-refractivity contribution in [3.05, 3.63) is 103 Å².